The number of nitrogens with zero attached hydrogens (tertiary/aromatic N) is 1. The van der Waals surface area contributed by atoms with Crippen molar-refractivity contribution in [2.24, 2.45) is 0 Å². The highest BCUT2D eigenvalue weighted by Gasteiger charge is 2.46. The molecule has 19 heavy (non-hydrogen) atoms. The molecule has 0 saturated heterocycles. The van der Waals surface area contributed by atoms with E-state index in [-0.39, 0.29) is 5.41 Å². The van der Waals surface area contributed by atoms with Crippen molar-refractivity contribution in [3.63, 3.8) is 0 Å². The van der Waals surface area contributed by atoms with Crippen LogP contribution in [0.25, 0.3) is 0 Å². The fraction of sp³-hybridized carbons (Fsp3) is 0.353. The second-order valence-corrected chi connectivity index (χ2v) is 5.54. The van der Waals surface area contributed by atoms with Crippen LogP contribution in [0.3, 0.4) is 0 Å². The molecule has 3 rings (SSSR count). The zero-order valence-electron chi connectivity index (χ0n) is 11.2. The smallest absolute Gasteiger partial charge is 0.106 e. The van der Waals surface area contributed by atoms with Gasteiger partial charge in [-0.2, -0.15) is 0 Å². The first-order valence-corrected chi connectivity index (χ1v) is 6.88. The zero-order valence-corrected chi connectivity index (χ0v) is 11.2. The molecule has 0 aliphatic heterocycles. The number of aromatic nitrogens is 1. The highest BCUT2D eigenvalue weighted by atomic mass is 16.3. The lowest BCUT2D eigenvalue weighted by atomic mass is 9.60. The minimum absolute atomic E-state index is 0.139. The number of hydrogen-bond acceptors (Lipinski definition) is 2. The molecule has 98 valence electrons. The molecule has 1 aliphatic rings. The highest BCUT2D eigenvalue weighted by molar-refractivity contribution is 5.35. The van der Waals surface area contributed by atoms with Crippen molar-refractivity contribution >= 4 is 0 Å². The molecule has 0 bridgehead atoms. The van der Waals surface area contributed by atoms with Gasteiger partial charge in [-0.3, -0.25) is 4.98 Å². The number of benzene rings is 1. The first-order chi connectivity index (χ1) is 9.22. The van der Waals surface area contributed by atoms with Gasteiger partial charge in [-0.25, -0.2) is 0 Å². The molecule has 2 nitrogen and oxygen atoms in total. The highest BCUT2D eigenvalue weighted by Crippen LogP contribution is 2.51. The molecule has 2 aromatic rings. The maximum atomic E-state index is 10.8. The van der Waals surface area contributed by atoms with Crippen LogP contribution in [-0.2, 0) is 5.41 Å². The second-order valence-electron chi connectivity index (χ2n) is 5.54. The number of pyridine rings is 1. The van der Waals surface area contributed by atoms with Crippen molar-refractivity contribution in [3.8, 4) is 0 Å². The van der Waals surface area contributed by atoms with E-state index in [1.807, 2.05) is 18.2 Å². The molecule has 1 saturated carbocycles. The summed E-state index contributed by atoms with van der Waals surface area (Å²) in [7, 11) is 0. The maximum Gasteiger partial charge on any atom is 0.106 e. The van der Waals surface area contributed by atoms with Crippen LogP contribution in [-0.4, -0.2) is 10.1 Å². The monoisotopic (exact) mass is 253 g/mol. The normalized spacial score (nSPS) is 18.6. The van der Waals surface area contributed by atoms with E-state index in [0.29, 0.717) is 0 Å². The molecule has 1 atom stereocenters. The average Bonchev–Trinajstić information content (AvgIpc) is 2.38. The second kappa shape index (κ2) is 4.78. The van der Waals surface area contributed by atoms with Crippen LogP contribution in [0.2, 0.25) is 0 Å². The summed E-state index contributed by atoms with van der Waals surface area (Å²) in [6.07, 6.45) is 4.49. The lowest BCUT2D eigenvalue weighted by molar-refractivity contribution is 0.0237. The first kappa shape index (κ1) is 12.4. The quantitative estimate of drug-likeness (QED) is 0.907. The van der Waals surface area contributed by atoms with E-state index in [1.165, 1.54) is 17.5 Å². The summed E-state index contributed by atoms with van der Waals surface area (Å²) >= 11 is 0. The molecule has 1 aromatic carbocycles. The fourth-order valence-electron chi connectivity index (χ4n) is 3.05. The van der Waals surface area contributed by atoms with E-state index in [4.69, 9.17) is 0 Å². The van der Waals surface area contributed by atoms with Crippen molar-refractivity contribution in [1.82, 2.24) is 4.98 Å². The van der Waals surface area contributed by atoms with E-state index in [9.17, 15) is 5.11 Å². The van der Waals surface area contributed by atoms with Crippen molar-refractivity contribution in [1.29, 1.82) is 0 Å². The van der Waals surface area contributed by atoms with Gasteiger partial charge in [-0.15, -0.1) is 0 Å². The molecule has 1 fully saturated rings. The van der Waals surface area contributed by atoms with Gasteiger partial charge in [0.15, 0.2) is 0 Å². The number of hydrogen-bond donors (Lipinski definition) is 1. The van der Waals surface area contributed by atoms with E-state index in [1.54, 1.807) is 6.20 Å². The topological polar surface area (TPSA) is 33.1 Å². The Morgan fingerprint density at radius 1 is 1.16 bits per heavy atom. The summed E-state index contributed by atoms with van der Waals surface area (Å²) in [6, 6.07) is 14.3. The van der Waals surface area contributed by atoms with Gasteiger partial charge < -0.3 is 5.11 Å². The minimum Gasteiger partial charge on any atom is -0.386 e. The average molecular weight is 253 g/mol. The van der Waals surface area contributed by atoms with Gasteiger partial charge in [-0.1, -0.05) is 42.3 Å². The lowest BCUT2D eigenvalue weighted by Crippen LogP contribution is -2.40. The van der Waals surface area contributed by atoms with E-state index >= 15 is 0 Å². The Morgan fingerprint density at radius 3 is 2.58 bits per heavy atom. The predicted octanol–water partition coefficient (Wildman–Crippen LogP) is 3.55. The number of aliphatic hydroxyl groups excluding tert-OH is 1. The van der Waals surface area contributed by atoms with Gasteiger partial charge in [0, 0.05) is 11.6 Å². The molecule has 1 aliphatic carbocycles. The Labute approximate surface area is 114 Å². The number of aryl methyl sites for hydroxylation is 1. The van der Waals surface area contributed by atoms with Gasteiger partial charge >= 0.3 is 0 Å². The van der Waals surface area contributed by atoms with Crippen LogP contribution in [0.15, 0.2) is 48.7 Å². The summed E-state index contributed by atoms with van der Waals surface area (Å²) in [6.45, 7) is 2.10. The van der Waals surface area contributed by atoms with Crippen molar-refractivity contribution in [2.75, 3.05) is 0 Å². The number of rotatable bonds is 3. The summed E-state index contributed by atoms with van der Waals surface area (Å²) in [5.74, 6) is 0. The number of aliphatic hydroxyl groups is 1. The third kappa shape index (κ3) is 2.06. The molecule has 1 aromatic heterocycles. The summed E-state index contributed by atoms with van der Waals surface area (Å²) in [4.78, 5) is 4.32. The zero-order chi connectivity index (χ0) is 13.3. The third-order valence-corrected chi connectivity index (χ3v) is 4.33. The maximum absolute atomic E-state index is 10.8. The predicted molar refractivity (Wildman–Crippen MR) is 75.9 cm³/mol. The van der Waals surface area contributed by atoms with Gasteiger partial charge in [-0.05, 0) is 37.5 Å². The largest absolute Gasteiger partial charge is 0.386 e. The Hall–Kier alpha value is -1.67. The van der Waals surface area contributed by atoms with Crippen LogP contribution >= 0.6 is 0 Å². The Balaban J connectivity index is 2.00. The Morgan fingerprint density at radius 2 is 2.00 bits per heavy atom. The van der Waals surface area contributed by atoms with Gasteiger partial charge in [0.1, 0.15) is 6.10 Å². The van der Waals surface area contributed by atoms with Crippen molar-refractivity contribution in [2.45, 2.75) is 37.7 Å². The van der Waals surface area contributed by atoms with Crippen LogP contribution in [0.1, 0.15) is 42.2 Å². The van der Waals surface area contributed by atoms with Gasteiger partial charge in [0.2, 0.25) is 0 Å². The lowest BCUT2D eigenvalue weighted by Gasteiger charge is -2.46. The molecular weight excluding hydrogens is 234 g/mol. The molecule has 1 N–H and O–H groups in total. The van der Waals surface area contributed by atoms with Gasteiger partial charge in [0.25, 0.3) is 0 Å². The summed E-state index contributed by atoms with van der Waals surface area (Å²) < 4.78 is 0. The molecule has 2 heteroatoms. The fourth-order valence-corrected chi connectivity index (χ4v) is 3.05. The minimum atomic E-state index is -0.510. The third-order valence-electron chi connectivity index (χ3n) is 4.33. The molecule has 0 radical (unpaired) electrons. The summed E-state index contributed by atoms with van der Waals surface area (Å²) in [5.41, 5.74) is 3.14. The van der Waals surface area contributed by atoms with E-state index in [0.717, 1.165) is 18.5 Å². The van der Waals surface area contributed by atoms with E-state index in [2.05, 4.69) is 36.2 Å². The van der Waals surface area contributed by atoms with Crippen molar-refractivity contribution < 1.29 is 5.11 Å². The Kier molecular flexibility index (Phi) is 3.11. The summed E-state index contributed by atoms with van der Waals surface area (Å²) in [5, 5.41) is 10.8. The first-order valence-electron chi connectivity index (χ1n) is 6.88. The van der Waals surface area contributed by atoms with Crippen LogP contribution < -0.4 is 0 Å². The molecule has 1 unspecified atom stereocenters. The molecule has 0 amide bonds. The Bertz CT molecular complexity index is 560. The van der Waals surface area contributed by atoms with Gasteiger partial charge in [0.05, 0.1) is 5.69 Å². The van der Waals surface area contributed by atoms with Crippen LogP contribution in [0.4, 0.5) is 0 Å². The van der Waals surface area contributed by atoms with Crippen LogP contribution in [0.5, 0.6) is 0 Å². The van der Waals surface area contributed by atoms with Crippen molar-refractivity contribution in [3.05, 3.63) is 65.5 Å². The van der Waals surface area contributed by atoms with Crippen LogP contribution in [0, 0.1) is 6.92 Å². The standard InChI is InChI=1S/C17H19NO/c1-13-6-4-7-14(12-13)17(9-5-10-17)16(19)15-8-2-3-11-18-15/h2-4,6-8,11-12,16,19H,5,9-10H2,1H3. The SMILES string of the molecule is Cc1cccc(C2(C(O)c3ccccn3)CCC2)c1. The molecular formula is C17H19NO. The van der Waals surface area contributed by atoms with E-state index < -0.39 is 6.10 Å². The molecule has 1 heterocycles. The molecule has 0 spiro atoms.